The van der Waals surface area contributed by atoms with Crippen LogP contribution in [0.5, 0.6) is 0 Å². The first kappa shape index (κ1) is 19.6. The molecule has 27 heavy (non-hydrogen) atoms. The Morgan fingerprint density at radius 2 is 2.00 bits per heavy atom. The third kappa shape index (κ3) is 3.79. The Morgan fingerprint density at radius 3 is 2.63 bits per heavy atom. The van der Waals surface area contributed by atoms with Gasteiger partial charge in [-0.2, -0.15) is 0 Å². The SMILES string of the molecule is NN/N=C(\N)c1c(SN)cccc1-c1ccc(C2(O)CCNCC2N)cc1. The summed E-state index contributed by atoms with van der Waals surface area (Å²) in [6, 6.07) is 13.0. The van der Waals surface area contributed by atoms with Crippen molar-refractivity contribution in [1.29, 1.82) is 0 Å². The van der Waals surface area contributed by atoms with Crippen LogP contribution in [0.15, 0.2) is 52.5 Å². The van der Waals surface area contributed by atoms with E-state index in [-0.39, 0.29) is 11.9 Å². The van der Waals surface area contributed by atoms with Crippen molar-refractivity contribution >= 4 is 17.8 Å². The van der Waals surface area contributed by atoms with Gasteiger partial charge in [0.2, 0.25) is 0 Å². The molecule has 0 bridgehead atoms. The van der Waals surface area contributed by atoms with Crippen molar-refractivity contribution in [3.63, 3.8) is 0 Å². The first-order chi connectivity index (χ1) is 13.0. The summed E-state index contributed by atoms with van der Waals surface area (Å²) in [6.45, 7) is 1.31. The Morgan fingerprint density at radius 1 is 1.26 bits per heavy atom. The van der Waals surface area contributed by atoms with Gasteiger partial charge in [-0.05, 0) is 47.7 Å². The van der Waals surface area contributed by atoms with Crippen molar-refractivity contribution < 1.29 is 5.11 Å². The number of amidine groups is 1. The van der Waals surface area contributed by atoms with Crippen molar-refractivity contribution in [3.8, 4) is 11.1 Å². The smallest absolute Gasteiger partial charge is 0.153 e. The van der Waals surface area contributed by atoms with Crippen LogP contribution in [0.2, 0.25) is 0 Å². The summed E-state index contributed by atoms with van der Waals surface area (Å²) < 4.78 is 0. The summed E-state index contributed by atoms with van der Waals surface area (Å²) in [5.74, 6) is 5.52. The zero-order chi connectivity index (χ0) is 19.4. The summed E-state index contributed by atoms with van der Waals surface area (Å²) in [6.07, 6.45) is 0.569. The highest BCUT2D eigenvalue weighted by Crippen LogP contribution is 2.34. The van der Waals surface area contributed by atoms with Crippen LogP contribution in [0.25, 0.3) is 11.1 Å². The van der Waals surface area contributed by atoms with Crippen molar-refractivity contribution in [2.75, 3.05) is 13.1 Å². The molecule has 2 atom stereocenters. The monoisotopic (exact) mass is 387 g/mol. The highest BCUT2D eigenvalue weighted by atomic mass is 32.2. The average Bonchev–Trinajstić information content (AvgIpc) is 2.70. The number of hydrogen-bond acceptors (Lipinski definition) is 8. The van der Waals surface area contributed by atoms with E-state index in [2.05, 4.69) is 16.0 Å². The predicted molar refractivity (Wildman–Crippen MR) is 109 cm³/mol. The van der Waals surface area contributed by atoms with E-state index >= 15 is 0 Å². The molecule has 0 aliphatic carbocycles. The van der Waals surface area contributed by atoms with E-state index in [9.17, 15) is 5.11 Å². The topological polar surface area (TPSA) is 161 Å². The van der Waals surface area contributed by atoms with E-state index in [4.69, 9.17) is 22.4 Å². The molecule has 0 radical (unpaired) electrons. The van der Waals surface area contributed by atoms with E-state index < -0.39 is 5.60 Å². The van der Waals surface area contributed by atoms with Crippen LogP contribution >= 0.6 is 11.9 Å². The molecule has 2 aromatic carbocycles. The molecule has 9 heteroatoms. The highest BCUT2D eigenvalue weighted by molar-refractivity contribution is 7.97. The number of nitrogens with one attached hydrogen (secondary N) is 2. The molecule has 2 unspecified atom stereocenters. The van der Waals surface area contributed by atoms with Crippen LogP contribution in [0.1, 0.15) is 17.5 Å². The second kappa shape index (κ2) is 8.26. The fourth-order valence-corrected chi connectivity index (χ4v) is 3.94. The molecule has 0 spiro atoms. The van der Waals surface area contributed by atoms with Gasteiger partial charge in [-0.1, -0.05) is 36.4 Å². The number of nitrogens with two attached hydrogens (primary N) is 4. The zero-order valence-electron chi connectivity index (χ0n) is 14.9. The number of hydrazine groups is 1. The molecular formula is C18H25N7OS. The predicted octanol–water partition coefficient (Wildman–Crippen LogP) is -0.0888. The minimum atomic E-state index is -1.04. The van der Waals surface area contributed by atoms with Gasteiger partial charge >= 0.3 is 0 Å². The van der Waals surface area contributed by atoms with Crippen LogP contribution in [0.3, 0.4) is 0 Å². The number of benzene rings is 2. The van der Waals surface area contributed by atoms with Crippen molar-refractivity contribution in [2.24, 2.45) is 27.6 Å². The van der Waals surface area contributed by atoms with E-state index in [1.165, 1.54) is 0 Å². The highest BCUT2D eigenvalue weighted by Gasteiger charge is 2.38. The largest absolute Gasteiger partial charge is 0.383 e. The fourth-order valence-electron chi connectivity index (χ4n) is 3.45. The second-order valence-electron chi connectivity index (χ2n) is 6.48. The molecule has 3 rings (SSSR count). The van der Waals surface area contributed by atoms with Crippen LogP contribution in [-0.2, 0) is 5.60 Å². The summed E-state index contributed by atoms with van der Waals surface area (Å²) in [5.41, 5.74) is 16.7. The van der Waals surface area contributed by atoms with Crippen LogP contribution in [-0.4, -0.2) is 30.1 Å². The molecule has 1 saturated heterocycles. The van der Waals surface area contributed by atoms with Gasteiger partial charge in [0.05, 0.1) is 6.04 Å². The number of nitrogens with zero attached hydrogens (tertiary/aromatic N) is 1. The summed E-state index contributed by atoms with van der Waals surface area (Å²) in [5, 5.41) is 23.9. The first-order valence-corrected chi connectivity index (χ1v) is 9.47. The van der Waals surface area contributed by atoms with Gasteiger partial charge < -0.3 is 21.9 Å². The Hall–Kier alpha value is -2.14. The number of aliphatic hydroxyl groups is 1. The number of rotatable bonds is 5. The lowest BCUT2D eigenvalue weighted by atomic mass is 9.81. The summed E-state index contributed by atoms with van der Waals surface area (Å²) >= 11 is 1.09. The second-order valence-corrected chi connectivity index (χ2v) is 7.16. The summed E-state index contributed by atoms with van der Waals surface area (Å²) in [7, 11) is 0. The number of hydrazone groups is 1. The maximum absolute atomic E-state index is 11.0. The van der Waals surface area contributed by atoms with E-state index in [0.29, 0.717) is 18.5 Å². The minimum absolute atomic E-state index is 0.240. The molecule has 1 heterocycles. The molecule has 2 aromatic rings. The average molecular weight is 388 g/mol. The van der Waals surface area contributed by atoms with Crippen molar-refractivity contribution in [2.45, 2.75) is 23.0 Å². The third-order valence-corrected chi connectivity index (χ3v) is 5.54. The first-order valence-electron chi connectivity index (χ1n) is 8.59. The van der Waals surface area contributed by atoms with Crippen LogP contribution < -0.4 is 33.3 Å². The van der Waals surface area contributed by atoms with Crippen LogP contribution in [0, 0.1) is 0 Å². The molecule has 1 aliphatic rings. The molecule has 1 aliphatic heterocycles. The van der Waals surface area contributed by atoms with Crippen LogP contribution in [0.4, 0.5) is 0 Å². The third-order valence-electron chi connectivity index (χ3n) is 4.95. The maximum Gasteiger partial charge on any atom is 0.153 e. The molecule has 0 amide bonds. The quantitative estimate of drug-likeness (QED) is 0.123. The van der Waals surface area contributed by atoms with Gasteiger partial charge in [-0.15, -0.1) is 5.10 Å². The van der Waals surface area contributed by atoms with Gasteiger partial charge in [-0.3, -0.25) is 5.14 Å². The molecule has 8 nitrogen and oxygen atoms in total. The van der Waals surface area contributed by atoms with Gasteiger partial charge in [0, 0.05) is 17.0 Å². The maximum atomic E-state index is 11.0. The molecule has 1 fully saturated rings. The summed E-state index contributed by atoms with van der Waals surface area (Å²) in [4.78, 5) is 0.784. The van der Waals surface area contributed by atoms with E-state index in [0.717, 1.165) is 40.1 Å². The van der Waals surface area contributed by atoms with Gasteiger partial charge in [0.25, 0.3) is 0 Å². The lowest BCUT2D eigenvalue weighted by Crippen LogP contribution is -2.56. The standard InChI is InChI=1S/C18H25N7OS/c19-15-10-23-9-8-18(15,26)12-6-4-11(5-7-12)13-2-1-3-14(27-22)16(13)17(20)24-25-21/h1-7,15,23,25-26H,8-10,19,21-22H2,(H2,20,24). The Kier molecular flexibility index (Phi) is 6.00. The molecule has 144 valence electrons. The molecule has 0 aromatic heterocycles. The Bertz CT molecular complexity index is 827. The molecular weight excluding hydrogens is 362 g/mol. The Labute approximate surface area is 162 Å². The number of piperidine rings is 1. The lowest BCUT2D eigenvalue weighted by molar-refractivity contribution is -0.0123. The van der Waals surface area contributed by atoms with Gasteiger partial charge in [-0.25, -0.2) is 11.4 Å². The fraction of sp³-hybridized carbons (Fsp3) is 0.278. The normalized spacial score (nSPS) is 23.3. The van der Waals surface area contributed by atoms with E-state index in [1.807, 2.05) is 42.5 Å². The minimum Gasteiger partial charge on any atom is -0.383 e. The lowest BCUT2D eigenvalue weighted by Gasteiger charge is -2.38. The Balaban J connectivity index is 2.02. The van der Waals surface area contributed by atoms with Crippen molar-refractivity contribution in [1.82, 2.24) is 10.9 Å². The van der Waals surface area contributed by atoms with Crippen molar-refractivity contribution in [3.05, 3.63) is 53.6 Å². The molecule has 11 N–H and O–H groups in total. The van der Waals surface area contributed by atoms with E-state index in [1.54, 1.807) is 0 Å². The molecule has 0 saturated carbocycles. The van der Waals surface area contributed by atoms with Gasteiger partial charge in [0.15, 0.2) is 5.84 Å². The van der Waals surface area contributed by atoms with Gasteiger partial charge in [0.1, 0.15) is 5.60 Å². The number of hydrogen-bond donors (Lipinski definition) is 7. The zero-order valence-corrected chi connectivity index (χ0v) is 15.7.